The van der Waals surface area contributed by atoms with Gasteiger partial charge in [0.1, 0.15) is 12.2 Å². The summed E-state index contributed by atoms with van der Waals surface area (Å²) in [6.45, 7) is 11.5. The third-order valence-corrected chi connectivity index (χ3v) is 4.45. The number of carbonyl (C=O) groups is 1. The van der Waals surface area contributed by atoms with Crippen LogP contribution in [0.2, 0.25) is 0 Å². The van der Waals surface area contributed by atoms with E-state index in [1.54, 1.807) is 13.3 Å². The lowest BCUT2D eigenvalue weighted by Crippen LogP contribution is -2.53. The Labute approximate surface area is 150 Å². The molecule has 0 atom stereocenters. The van der Waals surface area contributed by atoms with Crippen LogP contribution in [0.3, 0.4) is 0 Å². The number of aromatic nitrogens is 3. The van der Waals surface area contributed by atoms with Crippen LogP contribution in [0, 0.1) is 0 Å². The monoisotopic (exact) mass is 349 g/mol. The molecule has 1 saturated heterocycles. The molecule has 2 rings (SSSR count). The molecule has 0 aliphatic carbocycles. The van der Waals surface area contributed by atoms with E-state index in [4.69, 9.17) is 4.99 Å². The van der Waals surface area contributed by atoms with Crippen LogP contribution in [-0.4, -0.2) is 75.7 Å². The molecule has 1 aromatic heterocycles. The first-order chi connectivity index (χ1) is 12.2. The Morgan fingerprint density at radius 3 is 2.60 bits per heavy atom. The number of unbranched alkanes of at least 4 members (excludes halogenated alkanes) is 1. The number of hydrogen-bond donors (Lipinski definition) is 1. The Hall–Kier alpha value is -2.12. The van der Waals surface area contributed by atoms with Gasteiger partial charge in [0.15, 0.2) is 5.96 Å². The number of hydrogen-bond acceptors (Lipinski definition) is 4. The molecule has 1 aliphatic heterocycles. The fourth-order valence-corrected chi connectivity index (χ4v) is 2.87. The highest BCUT2D eigenvalue weighted by Gasteiger charge is 2.21. The highest BCUT2D eigenvalue weighted by Crippen LogP contribution is 2.03. The van der Waals surface area contributed by atoms with Gasteiger partial charge in [-0.15, -0.1) is 10.2 Å². The Balaban J connectivity index is 1.89. The molecule has 1 amide bonds. The molecule has 0 saturated carbocycles. The summed E-state index contributed by atoms with van der Waals surface area (Å²) in [5, 5.41) is 11.6. The Morgan fingerprint density at radius 2 is 1.96 bits per heavy atom. The van der Waals surface area contributed by atoms with E-state index in [0.29, 0.717) is 0 Å². The van der Waals surface area contributed by atoms with Crippen LogP contribution in [0.25, 0.3) is 0 Å². The molecule has 1 aromatic rings. The third-order valence-electron chi connectivity index (χ3n) is 4.45. The van der Waals surface area contributed by atoms with Gasteiger partial charge in [-0.3, -0.25) is 9.79 Å². The van der Waals surface area contributed by atoms with E-state index >= 15 is 0 Å². The molecular weight excluding hydrogens is 318 g/mol. The molecule has 2 heterocycles. The van der Waals surface area contributed by atoms with E-state index in [1.165, 1.54) is 0 Å². The minimum atomic E-state index is 0.150. The van der Waals surface area contributed by atoms with Gasteiger partial charge in [0.05, 0.1) is 0 Å². The molecule has 0 aromatic carbocycles. The highest BCUT2D eigenvalue weighted by molar-refractivity contribution is 5.80. The molecule has 1 aliphatic rings. The predicted octanol–water partition coefficient (Wildman–Crippen LogP) is 0.750. The average Bonchev–Trinajstić information content (AvgIpc) is 3.08. The minimum absolute atomic E-state index is 0.150. The molecule has 0 bridgehead atoms. The predicted molar refractivity (Wildman–Crippen MR) is 98.4 cm³/mol. The first-order valence-electron chi connectivity index (χ1n) is 9.31. The maximum absolute atomic E-state index is 11.5. The van der Waals surface area contributed by atoms with Crippen molar-refractivity contribution < 1.29 is 4.79 Å². The maximum atomic E-state index is 11.5. The van der Waals surface area contributed by atoms with E-state index < -0.39 is 0 Å². The maximum Gasteiger partial charge on any atom is 0.219 e. The van der Waals surface area contributed by atoms with Gasteiger partial charge in [-0.1, -0.05) is 20.3 Å². The van der Waals surface area contributed by atoms with E-state index in [0.717, 1.165) is 76.9 Å². The van der Waals surface area contributed by atoms with Crippen molar-refractivity contribution in [1.82, 2.24) is 29.9 Å². The largest absolute Gasteiger partial charge is 0.354 e. The van der Waals surface area contributed by atoms with Crippen LogP contribution < -0.4 is 5.32 Å². The third kappa shape index (κ3) is 5.72. The highest BCUT2D eigenvalue weighted by atomic mass is 16.2. The summed E-state index contributed by atoms with van der Waals surface area (Å²) in [4.78, 5) is 20.4. The number of nitrogens with one attached hydrogen (secondary N) is 1. The molecular formula is C17H31N7O. The van der Waals surface area contributed by atoms with Gasteiger partial charge in [-0.25, -0.2) is 0 Å². The zero-order valence-corrected chi connectivity index (χ0v) is 15.7. The van der Waals surface area contributed by atoms with Crippen molar-refractivity contribution in [2.75, 3.05) is 39.3 Å². The van der Waals surface area contributed by atoms with Crippen molar-refractivity contribution in [3.63, 3.8) is 0 Å². The number of aliphatic imine (C=N–C) groups is 1. The average molecular weight is 349 g/mol. The molecule has 8 heteroatoms. The molecule has 8 nitrogen and oxygen atoms in total. The van der Waals surface area contributed by atoms with Crippen molar-refractivity contribution in [3.05, 3.63) is 12.2 Å². The smallest absolute Gasteiger partial charge is 0.219 e. The van der Waals surface area contributed by atoms with E-state index in [-0.39, 0.29) is 5.91 Å². The van der Waals surface area contributed by atoms with Crippen LogP contribution in [0.4, 0.5) is 0 Å². The first kappa shape index (κ1) is 19.2. The van der Waals surface area contributed by atoms with E-state index in [9.17, 15) is 4.79 Å². The Bertz CT molecular complexity index is 561. The number of aryl methyl sites for hydroxylation is 1. The lowest BCUT2D eigenvalue weighted by atomic mass is 10.3. The Morgan fingerprint density at radius 1 is 1.24 bits per heavy atom. The van der Waals surface area contributed by atoms with Gasteiger partial charge >= 0.3 is 0 Å². The van der Waals surface area contributed by atoms with Crippen molar-refractivity contribution in [2.24, 2.45) is 4.99 Å². The van der Waals surface area contributed by atoms with Crippen LogP contribution in [0.5, 0.6) is 0 Å². The second kappa shape index (κ2) is 10.0. The van der Waals surface area contributed by atoms with E-state index in [2.05, 4.69) is 38.8 Å². The molecule has 0 radical (unpaired) electrons. The van der Waals surface area contributed by atoms with Crippen LogP contribution in [0.1, 0.15) is 39.4 Å². The Kier molecular flexibility index (Phi) is 7.69. The lowest BCUT2D eigenvalue weighted by molar-refractivity contribution is -0.130. The number of nitrogens with zero attached hydrogens (tertiary/aromatic N) is 6. The van der Waals surface area contributed by atoms with Crippen LogP contribution in [0.15, 0.2) is 11.3 Å². The molecule has 25 heavy (non-hydrogen) atoms. The first-order valence-corrected chi connectivity index (χ1v) is 9.31. The van der Waals surface area contributed by atoms with Crippen LogP contribution in [-0.2, 0) is 17.8 Å². The normalized spacial score (nSPS) is 15.6. The lowest BCUT2D eigenvalue weighted by Gasteiger charge is -2.36. The van der Waals surface area contributed by atoms with Crippen molar-refractivity contribution in [1.29, 1.82) is 0 Å². The summed E-state index contributed by atoms with van der Waals surface area (Å²) < 4.78 is 2.07. The standard InChI is InChI=1S/C17H31N7O/c1-4-6-7-18-17(23-12-10-22(11-13-23)15(3)25)19-8-9-24-14-20-21-16(24)5-2/h14H,4-13H2,1-3H3,(H,18,19). The molecule has 0 unspecified atom stereocenters. The zero-order chi connectivity index (χ0) is 18.1. The van der Waals surface area contributed by atoms with Crippen LogP contribution >= 0.6 is 0 Å². The summed E-state index contributed by atoms with van der Waals surface area (Å²) in [7, 11) is 0. The number of piperazine rings is 1. The van der Waals surface area contributed by atoms with Gasteiger partial charge in [-0.05, 0) is 6.42 Å². The number of guanidine groups is 1. The minimum Gasteiger partial charge on any atom is -0.354 e. The summed E-state index contributed by atoms with van der Waals surface area (Å²) >= 11 is 0. The van der Waals surface area contributed by atoms with Gasteiger partial charge < -0.3 is 19.7 Å². The van der Waals surface area contributed by atoms with Gasteiger partial charge in [0.2, 0.25) is 5.91 Å². The zero-order valence-electron chi connectivity index (χ0n) is 15.7. The van der Waals surface area contributed by atoms with Crippen molar-refractivity contribution >= 4 is 11.9 Å². The summed E-state index contributed by atoms with van der Waals surface area (Å²) in [6.07, 6.45) is 4.88. The number of carbonyl (C=O) groups excluding carboxylic acids is 1. The number of rotatable bonds is 7. The van der Waals surface area contributed by atoms with Gasteiger partial charge in [-0.2, -0.15) is 0 Å². The molecule has 140 valence electrons. The SMILES string of the molecule is CCCCN=C(NCCn1cnnc1CC)N1CCN(C(C)=O)CC1. The second-order valence-corrected chi connectivity index (χ2v) is 6.27. The van der Waals surface area contributed by atoms with Crippen molar-refractivity contribution in [2.45, 2.75) is 46.6 Å². The summed E-state index contributed by atoms with van der Waals surface area (Å²) in [5.74, 6) is 2.10. The second-order valence-electron chi connectivity index (χ2n) is 6.27. The van der Waals surface area contributed by atoms with Gasteiger partial charge in [0.25, 0.3) is 0 Å². The molecule has 1 fully saturated rings. The quantitative estimate of drug-likeness (QED) is 0.446. The number of amides is 1. The topological polar surface area (TPSA) is 78.7 Å². The fraction of sp³-hybridized carbons (Fsp3) is 0.765. The molecule has 1 N–H and O–H groups in total. The molecule has 0 spiro atoms. The van der Waals surface area contributed by atoms with Crippen molar-refractivity contribution in [3.8, 4) is 0 Å². The fourth-order valence-electron chi connectivity index (χ4n) is 2.87. The van der Waals surface area contributed by atoms with Gasteiger partial charge in [0, 0.05) is 59.2 Å². The van der Waals surface area contributed by atoms with E-state index in [1.807, 2.05) is 4.90 Å². The summed E-state index contributed by atoms with van der Waals surface area (Å²) in [6, 6.07) is 0. The summed E-state index contributed by atoms with van der Waals surface area (Å²) in [5.41, 5.74) is 0.